The van der Waals surface area contributed by atoms with E-state index in [9.17, 15) is 18.0 Å². The van der Waals surface area contributed by atoms with E-state index in [4.69, 9.17) is 0 Å². The second kappa shape index (κ2) is 8.31. The molecule has 0 spiro atoms. The summed E-state index contributed by atoms with van der Waals surface area (Å²) in [5.74, 6) is -0.361. The topological polar surface area (TPSA) is 50.2 Å². The Hall–Kier alpha value is -2.06. The highest BCUT2D eigenvalue weighted by atomic mass is 35.5. The molecule has 9 heteroatoms. The lowest BCUT2D eigenvalue weighted by atomic mass is 10.1. The van der Waals surface area contributed by atoms with Crippen LogP contribution in [0.1, 0.15) is 28.0 Å². The summed E-state index contributed by atoms with van der Waals surface area (Å²) < 4.78 is 42.1. The molecule has 0 saturated carbocycles. The molecule has 1 unspecified atom stereocenters. The van der Waals surface area contributed by atoms with Crippen LogP contribution in [0.3, 0.4) is 0 Å². The molecule has 1 aliphatic rings. The fourth-order valence-corrected chi connectivity index (χ4v) is 3.40. The summed E-state index contributed by atoms with van der Waals surface area (Å²) in [6, 6.07) is 6.66. The quantitative estimate of drug-likeness (QED) is 0.853. The summed E-state index contributed by atoms with van der Waals surface area (Å²) in [5, 5.41) is 6.94. The molecule has 1 aromatic heterocycles. The Bertz CT molecular complexity index is 806. The number of alkyl halides is 3. The monoisotopic (exact) mass is 402 g/mol. The van der Waals surface area contributed by atoms with Crippen molar-refractivity contribution < 1.29 is 18.0 Å². The maximum absolute atomic E-state index is 13.8. The maximum Gasteiger partial charge on any atom is 0.434 e. The van der Waals surface area contributed by atoms with E-state index < -0.39 is 23.3 Å². The number of hydrogen-bond donors (Lipinski definition) is 1. The first-order chi connectivity index (χ1) is 12.3. The number of aromatic nitrogens is 2. The number of nitrogens with one attached hydrogen (secondary N) is 1. The zero-order valence-corrected chi connectivity index (χ0v) is 15.9. The first kappa shape index (κ1) is 21.2. The third kappa shape index (κ3) is 4.27. The fraction of sp³-hybridized carbons (Fsp3) is 0.444. The van der Waals surface area contributed by atoms with Crippen molar-refractivity contribution in [1.82, 2.24) is 20.0 Å². The van der Waals surface area contributed by atoms with E-state index in [1.54, 1.807) is 31.2 Å². The molecule has 1 amide bonds. The number of hydrogen-bond acceptors (Lipinski definition) is 3. The van der Waals surface area contributed by atoms with Gasteiger partial charge in [-0.05, 0) is 44.5 Å². The molecule has 1 aliphatic heterocycles. The van der Waals surface area contributed by atoms with Crippen molar-refractivity contribution >= 4 is 18.3 Å². The van der Waals surface area contributed by atoms with Crippen molar-refractivity contribution in [3.63, 3.8) is 0 Å². The van der Waals surface area contributed by atoms with Gasteiger partial charge < -0.3 is 10.2 Å². The molecular formula is C18H22ClF3N4O. The molecule has 3 rings (SSSR count). The van der Waals surface area contributed by atoms with E-state index in [1.165, 1.54) is 4.90 Å². The van der Waals surface area contributed by atoms with Crippen LogP contribution >= 0.6 is 12.4 Å². The van der Waals surface area contributed by atoms with Gasteiger partial charge in [-0.3, -0.25) is 4.79 Å². The lowest BCUT2D eigenvalue weighted by Crippen LogP contribution is -2.32. The van der Waals surface area contributed by atoms with Crippen molar-refractivity contribution in [2.45, 2.75) is 19.5 Å². The minimum Gasteiger partial charge on any atom is -0.338 e. The SMILES string of the molecule is CNCC1CCN(C(=O)c2cnn(-c3ccccc3C)c2C(F)(F)F)C1.Cl. The average molecular weight is 403 g/mol. The minimum atomic E-state index is -4.69. The van der Waals surface area contributed by atoms with Crippen LogP contribution < -0.4 is 5.32 Å². The molecule has 0 bridgehead atoms. The average Bonchev–Trinajstić information content (AvgIpc) is 3.21. The molecular weight excluding hydrogens is 381 g/mol. The van der Waals surface area contributed by atoms with Gasteiger partial charge in [-0.1, -0.05) is 18.2 Å². The van der Waals surface area contributed by atoms with Crippen molar-refractivity contribution in [3.05, 3.63) is 47.3 Å². The molecule has 1 atom stereocenters. The van der Waals surface area contributed by atoms with Crippen molar-refractivity contribution in [1.29, 1.82) is 0 Å². The molecule has 0 radical (unpaired) electrons. The standard InChI is InChI=1S/C18H21F3N4O.ClH/c1-12-5-3-4-6-15(12)25-16(18(19,20)21)14(10-23-25)17(26)24-8-7-13(11-24)9-22-2;/h3-6,10,13,22H,7-9,11H2,1-2H3;1H. The summed E-state index contributed by atoms with van der Waals surface area (Å²) >= 11 is 0. The predicted octanol–water partition coefficient (Wildman–Crippen LogP) is 3.30. The molecule has 27 heavy (non-hydrogen) atoms. The third-order valence-electron chi connectivity index (χ3n) is 4.68. The molecule has 1 fully saturated rings. The van der Waals surface area contributed by atoms with Gasteiger partial charge in [0, 0.05) is 13.1 Å². The van der Waals surface area contributed by atoms with Gasteiger partial charge >= 0.3 is 6.18 Å². The zero-order valence-electron chi connectivity index (χ0n) is 15.1. The van der Waals surface area contributed by atoms with Crippen molar-refractivity contribution in [2.75, 3.05) is 26.7 Å². The van der Waals surface area contributed by atoms with E-state index in [0.717, 1.165) is 23.8 Å². The van der Waals surface area contributed by atoms with E-state index in [-0.39, 0.29) is 18.3 Å². The summed E-state index contributed by atoms with van der Waals surface area (Å²) in [4.78, 5) is 14.2. The predicted molar refractivity (Wildman–Crippen MR) is 98.5 cm³/mol. The largest absolute Gasteiger partial charge is 0.434 e. The molecule has 5 nitrogen and oxygen atoms in total. The molecule has 0 aliphatic carbocycles. The molecule has 1 saturated heterocycles. The summed E-state index contributed by atoms with van der Waals surface area (Å²) in [7, 11) is 1.82. The molecule has 2 aromatic rings. The normalized spacial score (nSPS) is 17.1. The number of rotatable bonds is 4. The van der Waals surface area contributed by atoms with Gasteiger partial charge in [0.05, 0.1) is 17.4 Å². The lowest BCUT2D eigenvalue weighted by molar-refractivity contribution is -0.143. The lowest BCUT2D eigenvalue weighted by Gasteiger charge is -2.18. The minimum absolute atomic E-state index is 0. The van der Waals surface area contributed by atoms with E-state index >= 15 is 0 Å². The van der Waals surface area contributed by atoms with Crippen LogP contribution in [0.4, 0.5) is 13.2 Å². The fourth-order valence-electron chi connectivity index (χ4n) is 3.40. The maximum atomic E-state index is 13.8. The van der Waals surface area contributed by atoms with E-state index in [2.05, 4.69) is 10.4 Å². The number of halogens is 4. The van der Waals surface area contributed by atoms with Gasteiger partial charge in [0.25, 0.3) is 5.91 Å². The van der Waals surface area contributed by atoms with Gasteiger partial charge in [0.2, 0.25) is 0 Å². The van der Waals surface area contributed by atoms with Crippen LogP contribution in [-0.4, -0.2) is 47.3 Å². The van der Waals surface area contributed by atoms with Crippen LogP contribution in [-0.2, 0) is 6.18 Å². The molecule has 2 heterocycles. The number of carbonyl (C=O) groups excluding carboxylic acids is 1. The van der Waals surface area contributed by atoms with Gasteiger partial charge in [0.1, 0.15) is 0 Å². The Labute approximate surface area is 161 Å². The van der Waals surface area contributed by atoms with E-state index in [1.807, 2.05) is 7.05 Å². The number of aryl methyl sites for hydroxylation is 1. The number of amides is 1. The number of para-hydroxylation sites is 1. The highest BCUT2D eigenvalue weighted by Gasteiger charge is 2.42. The van der Waals surface area contributed by atoms with Gasteiger partial charge in [-0.15, -0.1) is 12.4 Å². The van der Waals surface area contributed by atoms with Crippen LogP contribution in [0.2, 0.25) is 0 Å². The number of nitrogens with zero attached hydrogens (tertiary/aromatic N) is 3. The zero-order chi connectivity index (χ0) is 18.9. The first-order valence-electron chi connectivity index (χ1n) is 8.48. The van der Waals surface area contributed by atoms with Crippen molar-refractivity contribution in [2.24, 2.45) is 5.92 Å². The van der Waals surface area contributed by atoms with Crippen molar-refractivity contribution in [3.8, 4) is 5.69 Å². The number of likely N-dealkylation sites (tertiary alicyclic amines) is 1. The second-order valence-electron chi connectivity index (χ2n) is 6.57. The van der Waals surface area contributed by atoms with Gasteiger partial charge in [-0.25, -0.2) is 4.68 Å². The number of carbonyl (C=O) groups is 1. The van der Waals surface area contributed by atoms with Crippen LogP contribution in [0.25, 0.3) is 5.69 Å². The van der Waals surface area contributed by atoms with Gasteiger partial charge in [0.15, 0.2) is 5.69 Å². The Morgan fingerprint density at radius 2 is 2.04 bits per heavy atom. The van der Waals surface area contributed by atoms with Gasteiger partial charge in [-0.2, -0.15) is 18.3 Å². The first-order valence-corrected chi connectivity index (χ1v) is 8.48. The Morgan fingerprint density at radius 1 is 1.33 bits per heavy atom. The molecule has 148 valence electrons. The van der Waals surface area contributed by atoms with E-state index in [0.29, 0.717) is 24.3 Å². The Kier molecular flexibility index (Phi) is 6.54. The van der Waals surface area contributed by atoms with Crippen LogP contribution in [0.5, 0.6) is 0 Å². The summed E-state index contributed by atoms with van der Waals surface area (Å²) in [6.45, 7) is 3.35. The summed E-state index contributed by atoms with van der Waals surface area (Å²) in [6.07, 6.45) is -2.88. The molecule has 1 N–H and O–H groups in total. The smallest absolute Gasteiger partial charge is 0.338 e. The summed E-state index contributed by atoms with van der Waals surface area (Å²) in [5.41, 5.74) is -0.455. The second-order valence-corrected chi connectivity index (χ2v) is 6.57. The third-order valence-corrected chi connectivity index (χ3v) is 4.68. The Morgan fingerprint density at radius 3 is 2.67 bits per heavy atom. The Balaban J connectivity index is 0.00000261. The number of benzene rings is 1. The highest BCUT2D eigenvalue weighted by molar-refractivity contribution is 5.95. The van der Waals surface area contributed by atoms with Crippen LogP contribution in [0.15, 0.2) is 30.5 Å². The molecule has 1 aromatic carbocycles. The highest BCUT2D eigenvalue weighted by Crippen LogP contribution is 2.35. The van der Waals surface area contributed by atoms with Crippen LogP contribution in [0, 0.1) is 12.8 Å².